The normalized spacial score (nSPS) is 16.6. The van der Waals surface area contributed by atoms with Gasteiger partial charge in [0.15, 0.2) is 0 Å². The molecule has 0 aliphatic carbocycles. The molecular weight excluding hydrogens is 268 g/mol. The molecule has 0 unspecified atom stereocenters. The van der Waals surface area contributed by atoms with Gasteiger partial charge in [-0.1, -0.05) is 6.07 Å². The standard InChI is InChI=1S/C16H24N2O3.H2/c1-16(2,3)21-15(19)18-9-7-13(8-10-18)20-14-6-4-5-12(17)11-14;/h4-6,11,13H,7-10,17H2,1-3H3;1H. The van der Waals surface area contributed by atoms with E-state index in [9.17, 15) is 4.79 Å². The van der Waals surface area contributed by atoms with Crippen LogP contribution in [0, 0.1) is 0 Å². The molecule has 1 aliphatic heterocycles. The van der Waals surface area contributed by atoms with E-state index < -0.39 is 5.60 Å². The third-order valence-electron chi connectivity index (χ3n) is 3.25. The van der Waals surface area contributed by atoms with Crippen LogP contribution in [0.3, 0.4) is 0 Å². The van der Waals surface area contributed by atoms with Crippen molar-refractivity contribution in [2.45, 2.75) is 45.3 Å². The first-order valence-corrected chi connectivity index (χ1v) is 7.33. The topological polar surface area (TPSA) is 64.8 Å². The fourth-order valence-electron chi connectivity index (χ4n) is 2.26. The number of hydrogen-bond donors (Lipinski definition) is 1. The number of anilines is 1. The number of hydrogen-bond acceptors (Lipinski definition) is 4. The summed E-state index contributed by atoms with van der Waals surface area (Å²) in [6.07, 6.45) is 1.47. The molecule has 0 radical (unpaired) electrons. The van der Waals surface area contributed by atoms with E-state index in [0.29, 0.717) is 18.8 Å². The van der Waals surface area contributed by atoms with E-state index in [-0.39, 0.29) is 13.6 Å². The molecule has 0 spiro atoms. The number of nitrogens with zero attached hydrogens (tertiary/aromatic N) is 1. The number of ether oxygens (including phenoxy) is 2. The molecule has 21 heavy (non-hydrogen) atoms. The lowest BCUT2D eigenvalue weighted by Crippen LogP contribution is -2.44. The molecule has 1 fully saturated rings. The molecular formula is C16H26N2O3. The van der Waals surface area contributed by atoms with Crippen LogP contribution in [-0.4, -0.2) is 35.8 Å². The minimum atomic E-state index is -0.452. The Labute approximate surface area is 127 Å². The van der Waals surface area contributed by atoms with Crippen LogP contribution >= 0.6 is 0 Å². The summed E-state index contributed by atoms with van der Waals surface area (Å²) in [7, 11) is 0. The summed E-state index contributed by atoms with van der Waals surface area (Å²) in [5.41, 5.74) is 5.98. The van der Waals surface area contributed by atoms with E-state index in [4.69, 9.17) is 15.2 Å². The van der Waals surface area contributed by atoms with Gasteiger partial charge in [-0.3, -0.25) is 0 Å². The van der Waals surface area contributed by atoms with Gasteiger partial charge in [-0.05, 0) is 32.9 Å². The Morgan fingerprint density at radius 3 is 2.57 bits per heavy atom. The number of nitrogen functional groups attached to an aromatic ring is 1. The Balaban J connectivity index is 0.00000242. The first-order valence-electron chi connectivity index (χ1n) is 7.33. The van der Waals surface area contributed by atoms with Crippen molar-refractivity contribution in [3.63, 3.8) is 0 Å². The van der Waals surface area contributed by atoms with Gasteiger partial charge in [0.1, 0.15) is 17.5 Å². The van der Waals surface area contributed by atoms with Gasteiger partial charge in [0.2, 0.25) is 0 Å². The second kappa shape index (κ2) is 6.24. The van der Waals surface area contributed by atoms with Gasteiger partial charge in [0.05, 0.1) is 0 Å². The molecule has 0 saturated carbocycles. The lowest BCUT2D eigenvalue weighted by atomic mass is 10.1. The molecule has 1 amide bonds. The number of piperidine rings is 1. The van der Waals surface area contributed by atoms with Gasteiger partial charge >= 0.3 is 6.09 Å². The lowest BCUT2D eigenvalue weighted by molar-refractivity contribution is 0.0127. The molecule has 1 heterocycles. The van der Waals surface area contributed by atoms with Crippen LogP contribution in [-0.2, 0) is 4.74 Å². The number of benzene rings is 1. The van der Waals surface area contributed by atoms with Crippen LogP contribution in [0.5, 0.6) is 5.75 Å². The van der Waals surface area contributed by atoms with E-state index in [1.807, 2.05) is 45.0 Å². The average Bonchev–Trinajstić information content (AvgIpc) is 2.37. The number of rotatable bonds is 2. The molecule has 5 heteroatoms. The zero-order chi connectivity index (χ0) is 15.5. The van der Waals surface area contributed by atoms with Crippen LogP contribution in [0.2, 0.25) is 0 Å². The number of nitrogens with two attached hydrogens (primary N) is 1. The van der Waals surface area contributed by atoms with Crippen LogP contribution in [0.4, 0.5) is 10.5 Å². The Hall–Kier alpha value is -1.91. The SMILES string of the molecule is CC(C)(C)OC(=O)N1CCC(Oc2cccc(N)c2)CC1.[HH]. The van der Waals surface area contributed by atoms with Gasteiger partial charge in [0.25, 0.3) is 0 Å². The zero-order valence-corrected chi connectivity index (χ0v) is 13.0. The van der Waals surface area contributed by atoms with E-state index in [2.05, 4.69) is 0 Å². The van der Waals surface area contributed by atoms with Crippen molar-refractivity contribution in [3.8, 4) is 5.75 Å². The van der Waals surface area contributed by atoms with E-state index >= 15 is 0 Å². The lowest BCUT2D eigenvalue weighted by Gasteiger charge is -2.33. The highest BCUT2D eigenvalue weighted by molar-refractivity contribution is 5.68. The Morgan fingerprint density at radius 2 is 2.00 bits per heavy atom. The van der Waals surface area contributed by atoms with Crippen molar-refractivity contribution in [1.29, 1.82) is 0 Å². The van der Waals surface area contributed by atoms with Crippen molar-refractivity contribution in [2.24, 2.45) is 0 Å². The van der Waals surface area contributed by atoms with Crippen molar-refractivity contribution in [1.82, 2.24) is 4.90 Å². The highest BCUT2D eigenvalue weighted by Gasteiger charge is 2.27. The zero-order valence-electron chi connectivity index (χ0n) is 13.0. The Morgan fingerprint density at radius 1 is 1.33 bits per heavy atom. The number of carbonyl (C=O) groups excluding carboxylic acids is 1. The second-order valence-electron chi connectivity index (χ2n) is 6.36. The van der Waals surface area contributed by atoms with E-state index in [1.54, 1.807) is 4.90 Å². The summed E-state index contributed by atoms with van der Waals surface area (Å²) in [5, 5.41) is 0. The summed E-state index contributed by atoms with van der Waals surface area (Å²) in [4.78, 5) is 13.7. The fourth-order valence-corrected chi connectivity index (χ4v) is 2.26. The minimum Gasteiger partial charge on any atom is -0.490 e. The third-order valence-corrected chi connectivity index (χ3v) is 3.25. The van der Waals surface area contributed by atoms with Crippen LogP contribution in [0.15, 0.2) is 24.3 Å². The molecule has 0 bridgehead atoms. The highest BCUT2D eigenvalue weighted by atomic mass is 16.6. The summed E-state index contributed by atoms with van der Waals surface area (Å²) < 4.78 is 11.3. The molecule has 2 N–H and O–H groups in total. The van der Waals surface area contributed by atoms with Gasteiger partial charge < -0.3 is 20.1 Å². The first-order chi connectivity index (χ1) is 9.83. The van der Waals surface area contributed by atoms with Crippen LogP contribution in [0.1, 0.15) is 35.0 Å². The molecule has 1 aromatic rings. The monoisotopic (exact) mass is 294 g/mol. The summed E-state index contributed by atoms with van der Waals surface area (Å²) in [6, 6.07) is 7.43. The third kappa shape index (κ3) is 4.85. The molecule has 0 aromatic heterocycles. The van der Waals surface area contributed by atoms with Crippen molar-refractivity contribution >= 4 is 11.8 Å². The van der Waals surface area contributed by atoms with Crippen molar-refractivity contribution in [3.05, 3.63) is 24.3 Å². The number of amides is 1. The summed E-state index contributed by atoms with van der Waals surface area (Å²) in [5.74, 6) is 0.783. The maximum Gasteiger partial charge on any atom is 0.410 e. The predicted octanol–water partition coefficient (Wildman–Crippen LogP) is 3.29. The largest absolute Gasteiger partial charge is 0.490 e. The Kier molecular flexibility index (Phi) is 4.60. The van der Waals surface area contributed by atoms with Crippen LogP contribution in [0.25, 0.3) is 0 Å². The minimum absolute atomic E-state index is 0. The van der Waals surface area contributed by atoms with Gasteiger partial charge in [-0.25, -0.2) is 4.79 Å². The predicted molar refractivity (Wildman–Crippen MR) is 84.4 cm³/mol. The molecule has 5 nitrogen and oxygen atoms in total. The second-order valence-corrected chi connectivity index (χ2v) is 6.36. The van der Waals surface area contributed by atoms with Gasteiger partial charge in [0, 0.05) is 39.1 Å². The number of carbonyl (C=O) groups is 1. The summed E-state index contributed by atoms with van der Waals surface area (Å²) in [6.45, 7) is 6.94. The molecule has 2 rings (SSSR count). The molecule has 1 aliphatic rings. The molecule has 0 atom stereocenters. The molecule has 118 valence electrons. The fraction of sp³-hybridized carbons (Fsp3) is 0.562. The van der Waals surface area contributed by atoms with E-state index in [0.717, 1.165) is 18.6 Å². The smallest absolute Gasteiger partial charge is 0.410 e. The highest BCUT2D eigenvalue weighted by Crippen LogP contribution is 2.22. The maximum atomic E-state index is 12.0. The van der Waals surface area contributed by atoms with Crippen molar-refractivity contribution < 1.29 is 15.7 Å². The first kappa shape index (κ1) is 15.5. The van der Waals surface area contributed by atoms with Crippen LogP contribution < -0.4 is 10.5 Å². The molecule has 1 aromatic carbocycles. The number of likely N-dealkylation sites (tertiary alicyclic amines) is 1. The summed E-state index contributed by atoms with van der Waals surface area (Å²) >= 11 is 0. The average molecular weight is 294 g/mol. The van der Waals surface area contributed by atoms with Gasteiger partial charge in [-0.15, -0.1) is 0 Å². The van der Waals surface area contributed by atoms with E-state index in [1.165, 1.54) is 0 Å². The molecule has 1 saturated heterocycles. The van der Waals surface area contributed by atoms with Gasteiger partial charge in [-0.2, -0.15) is 0 Å². The quantitative estimate of drug-likeness (QED) is 0.850. The Bertz CT molecular complexity index is 494. The maximum absolute atomic E-state index is 12.0. The van der Waals surface area contributed by atoms with Crippen molar-refractivity contribution in [2.75, 3.05) is 18.8 Å².